The topological polar surface area (TPSA) is 41.6 Å². The van der Waals surface area contributed by atoms with E-state index in [1.807, 2.05) is 7.05 Å². The maximum Gasteiger partial charge on any atom is 0.573 e. The molecular formula is C13H16ClF3N2O2. The van der Waals surface area contributed by atoms with Crippen molar-refractivity contribution in [1.29, 1.82) is 0 Å². The van der Waals surface area contributed by atoms with Crippen molar-refractivity contribution < 1.29 is 22.7 Å². The number of likely N-dealkylation sites (tertiary alicyclic amines) is 1. The van der Waals surface area contributed by atoms with Gasteiger partial charge in [0.25, 0.3) is 5.91 Å². The summed E-state index contributed by atoms with van der Waals surface area (Å²) in [7, 11) is 1.82. The van der Waals surface area contributed by atoms with E-state index in [1.165, 1.54) is 18.2 Å². The van der Waals surface area contributed by atoms with Crippen molar-refractivity contribution in [3.8, 4) is 5.75 Å². The first-order chi connectivity index (χ1) is 9.39. The lowest BCUT2D eigenvalue weighted by atomic mass is 10.2. The molecule has 1 aromatic carbocycles. The van der Waals surface area contributed by atoms with Gasteiger partial charge < -0.3 is 15.0 Å². The number of alkyl halides is 3. The molecule has 1 aliphatic heterocycles. The molecule has 0 aromatic heterocycles. The number of carbonyl (C=O) groups is 1. The molecule has 1 aliphatic rings. The fourth-order valence-corrected chi connectivity index (χ4v) is 2.19. The third-order valence-corrected chi connectivity index (χ3v) is 3.20. The van der Waals surface area contributed by atoms with E-state index in [4.69, 9.17) is 0 Å². The maximum absolute atomic E-state index is 12.2. The third kappa shape index (κ3) is 4.78. The number of carbonyl (C=O) groups excluding carboxylic acids is 1. The summed E-state index contributed by atoms with van der Waals surface area (Å²) < 4.78 is 40.3. The van der Waals surface area contributed by atoms with Gasteiger partial charge in [-0.3, -0.25) is 4.79 Å². The summed E-state index contributed by atoms with van der Waals surface area (Å²) in [5.41, 5.74) is 0.198. The highest BCUT2D eigenvalue weighted by atomic mass is 35.5. The van der Waals surface area contributed by atoms with E-state index < -0.39 is 6.36 Å². The minimum Gasteiger partial charge on any atom is -0.406 e. The number of likely N-dealkylation sites (N-methyl/N-ethyl adjacent to an activating group) is 1. The van der Waals surface area contributed by atoms with Crippen molar-refractivity contribution in [1.82, 2.24) is 10.2 Å². The van der Waals surface area contributed by atoms with Crippen LogP contribution >= 0.6 is 12.4 Å². The van der Waals surface area contributed by atoms with E-state index in [0.29, 0.717) is 13.1 Å². The fraction of sp³-hybridized carbons (Fsp3) is 0.462. The molecule has 1 saturated heterocycles. The number of halogens is 4. The summed E-state index contributed by atoms with van der Waals surface area (Å²) in [5, 5.41) is 3.08. The molecule has 21 heavy (non-hydrogen) atoms. The lowest BCUT2D eigenvalue weighted by molar-refractivity contribution is -0.274. The van der Waals surface area contributed by atoms with E-state index >= 15 is 0 Å². The zero-order chi connectivity index (χ0) is 14.8. The zero-order valence-corrected chi connectivity index (χ0v) is 12.1. The lowest BCUT2D eigenvalue weighted by Crippen LogP contribution is -2.33. The predicted molar refractivity (Wildman–Crippen MR) is 73.7 cm³/mol. The van der Waals surface area contributed by atoms with Crippen molar-refractivity contribution in [2.45, 2.75) is 18.8 Å². The van der Waals surface area contributed by atoms with Crippen LogP contribution in [0.4, 0.5) is 13.2 Å². The summed E-state index contributed by atoms with van der Waals surface area (Å²) in [5.74, 6) is -0.664. The molecule has 0 spiro atoms. The standard InChI is InChI=1S/C13H15F3N2O2.ClH/c1-17-10-5-6-18(8-10)12(19)9-3-2-4-11(7-9)20-13(14,15)16;/h2-4,7,10,17H,5-6,8H2,1H3;1H/t10-;/m1./s1. The summed E-state index contributed by atoms with van der Waals surface area (Å²) in [6.45, 7) is 1.15. The zero-order valence-electron chi connectivity index (χ0n) is 11.3. The number of hydrogen-bond donors (Lipinski definition) is 1. The molecule has 0 radical (unpaired) electrons. The quantitative estimate of drug-likeness (QED) is 0.928. The Balaban J connectivity index is 0.00000220. The minimum atomic E-state index is -4.76. The molecule has 1 aromatic rings. The van der Waals surface area contributed by atoms with Gasteiger partial charge in [0, 0.05) is 24.7 Å². The van der Waals surface area contributed by atoms with Crippen LogP contribution in [0.2, 0.25) is 0 Å². The Hall–Kier alpha value is -1.47. The molecule has 0 unspecified atom stereocenters. The summed E-state index contributed by atoms with van der Waals surface area (Å²) >= 11 is 0. The van der Waals surface area contributed by atoms with Crippen LogP contribution in [-0.4, -0.2) is 43.3 Å². The lowest BCUT2D eigenvalue weighted by Gasteiger charge is -2.17. The van der Waals surface area contributed by atoms with Crippen molar-refractivity contribution >= 4 is 18.3 Å². The Morgan fingerprint density at radius 2 is 2.14 bits per heavy atom. The second kappa shape index (κ2) is 7.00. The Morgan fingerprint density at radius 3 is 2.71 bits per heavy atom. The van der Waals surface area contributed by atoms with Gasteiger partial charge in [-0.25, -0.2) is 0 Å². The smallest absolute Gasteiger partial charge is 0.406 e. The molecule has 1 atom stereocenters. The first kappa shape index (κ1) is 17.6. The van der Waals surface area contributed by atoms with Crippen LogP contribution in [-0.2, 0) is 0 Å². The summed E-state index contributed by atoms with van der Waals surface area (Å²) in [4.78, 5) is 13.8. The molecule has 0 aliphatic carbocycles. The molecule has 8 heteroatoms. The van der Waals surface area contributed by atoms with Gasteiger partial charge in [-0.1, -0.05) is 6.07 Å². The van der Waals surface area contributed by atoms with Crippen molar-refractivity contribution in [3.05, 3.63) is 29.8 Å². The van der Waals surface area contributed by atoms with Crippen LogP contribution < -0.4 is 10.1 Å². The maximum atomic E-state index is 12.2. The van der Waals surface area contributed by atoms with Gasteiger partial charge in [0.15, 0.2) is 0 Å². The van der Waals surface area contributed by atoms with Crippen molar-refractivity contribution in [3.63, 3.8) is 0 Å². The van der Waals surface area contributed by atoms with Gasteiger partial charge in [-0.05, 0) is 31.7 Å². The van der Waals surface area contributed by atoms with Crippen LogP contribution in [0.5, 0.6) is 5.75 Å². The van der Waals surface area contributed by atoms with Gasteiger partial charge in [-0.2, -0.15) is 0 Å². The number of nitrogens with zero attached hydrogens (tertiary/aromatic N) is 1. The van der Waals surface area contributed by atoms with Gasteiger partial charge in [-0.15, -0.1) is 25.6 Å². The van der Waals surface area contributed by atoms with E-state index in [2.05, 4.69) is 10.1 Å². The highest BCUT2D eigenvalue weighted by Crippen LogP contribution is 2.24. The van der Waals surface area contributed by atoms with Crippen molar-refractivity contribution in [2.75, 3.05) is 20.1 Å². The molecule has 2 rings (SSSR count). The molecule has 0 saturated carbocycles. The predicted octanol–water partition coefficient (Wildman–Crippen LogP) is 2.44. The second-order valence-electron chi connectivity index (χ2n) is 4.60. The Bertz CT molecular complexity index is 497. The Labute approximate surface area is 126 Å². The van der Waals surface area contributed by atoms with Gasteiger partial charge in [0.2, 0.25) is 0 Å². The van der Waals surface area contributed by atoms with E-state index in [9.17, 15) is 18.0 Å². The molecular weight excluding hydrogens is 309 g/mol. The number of nitrogens with one attached hydrogen (secondary N) is 1. The number of rotatable bonds is 3. The van der Waals surface area contributed by atoms with E-state index in [1.54, 1.807) is 4.90 Å². The summed E-state index contributed by atoms with van der Waals surface area (Å²) in [6, 6.07) is 5.37. The van der Waals surface area contributed by atoms with Gasteiger partial charge in [0.05, 0.1) is 0 Å². The average molecular weight is 325 g/mol. The van der Waals surface area contributed by atoms with E-state index in [0.717, 1.165) is 12.5 Å². The second-order valence-corrected chi connectivity index (χ2v) is 4.60. The molecule has 1 heterocycles. The molecule has 0 bridgehead atoms. The van der Waals surface area contributed by atoms with E-state index in [-0.39, 0.29) is 35.7 Å². The fourth-order valence-electron chi connectivity index (χ4n) is 2.19. The van der Waals surface area contributed by atoms with Gasteiger partial charge >= 0.3 is 6.36 Å². The SMILES string of the molecule is CN[C@@H]1CCN(C(=O)c2cccc(OC(F)(F)F)c2)C1.Cl. The number of ether oxygens (including phenoxy) is 1. The number of amides is 1. The van der Waals surface area contributed by atoms with Crippen LogP contribution in [0.15, 0.2) is 24.3 Å². The minimum absolute atomic E-state index is 0. The molecule has 1 N–H and O–H groups in total. The summed E-state index contributed by atoms with van der Waals surface area (Å²) in [6.07, 6.45) is -3.92. The van der Waals surface area contributed by atoms with Crippen LogP contribution in [0, 0.1) is 0 Å². The monoisotopic (exact) mass is 324 g/mol. The third-order valence-electron chi connectivity index (χ3n) is 3.20. The van der Waals surface area contributed by atoms with Crippen LogP contribution in [0.25, 0.3) is 0 Å². The largest absolute Gasteiger partial charge is 0.573 e. The number of benzene rings is 1. The van der Waals surface area contributed by atoms with Crippen LogP contribution in [0.3, 0.4) is 0 Å². The first-order valence-corrected chi connectivity index (χ1v) is 6.21. The molecule has 4 nitrogen and oxygen atoms in total. The van der Waals surface area contributed by atoms with Crippen molar-refractivity contribution in [2.24, 2.45) is 0 Å². The highest BCUT2D eigenvalue weighted by Gasteiger charge is 2.31. The average Bonchev–Trinajstić information content (AvgIpc) is 2.85. The first-order valence-electron chi connectivity index (χ1n) is 6.21. The normalized spacial score (nSPS) is 18.3. The molecule has 1 amide bonds. The Kier molecular flexibility index (Phi) is 5.86. The highest BCUT2D eigenvalue weighted by molar-refractivity contribution is 5.94. The Morgan fingerprint density at radius 1 is 1.43 bits per heavy atom. The molecule has 1 fully saturated rings. The molecule has 118 valence electrons. The van der Waals surface area contributed by atoms with Crippen LogP contribution in [0.1, 0.15) is 16.8 Å². The van der Waals surface area contributed by atoms with Gasteiger partial charge in [0.1, 0.15) is 5.75 Å². The number of hydrogen-bond acceptors (Lipinski definition) is 3.